The van der Waals surface area contributed by atoms with Crippen molar-refractivity contribution in [3.63, 3.8) is 0 Å². The fraction of sp³-hybridized carbons (Fsp3) is 0.333. The molecule has 0 spiro atoms. The largest absolute Gasteiger partial charge is 0.497 e. The summed E-state index contributed by atoms with van der Waals surface area (Å²) in [6.07, 6.45) is 0.389. The first kappa shape index (κ1) is 34.3. The van der Waals surface area contributed by atoms with Crippen LogP contribution in [0.4, 0.5) is 0 Å². The molecule has 4 aromatic carbocycles. The Hall–Kier alpha value is -4.57. The average Bonchev–Trinajstić information content (AvgIpc) is 3.07. The van der Waals surface area contributed by atoms with E-state index >= 15 is 0 Å². The smallest absolute Gasteiger partial charge is 0.161 e. The van der Waals surface area contributed by atoms with Gasteiger partial charge >= 0.3 is 0 Å². The van der Waals surface area contributed by atoms with Gasteiger partial charge in [-0.2, -0.15) is 0 Å². The average molecular weight is 651 g/mol. The van der Waals surface area contributed by atoms with E-state index in [0.29, 0.717) is 57.8 Å². The third-order valence-corrected chi connectivity index (χ3v) is 9.50. The van der Waals surface area contributed by atoms with Gasteiger partial charge in [-0.3, -0.25) is 0 Å². The molecular formula is C36H42O9S. The van der Waals surface area contributed by atoms with Crippen molar-refractivity contribution in [2.24, 2.45) is 0 Å². The van der Waals surface area contributed by atoms with Gasteiger partial charge in [0.1, 0.15) is 28.7 Å². The van der Waals surface area contributed by atoms with E-state index in [2.05, 4.69) is 0 Å². The van der Waals surface area contributed by atoms with Gasteiger partial charge in [-0.25, -0.2) is 8.42 Å². The first-order valence-electron chi connectivity index (χ1n) is 14.6. The molecular weight excluding hydrogens is 608 g/mol. The molecule has 10 heteroatoms. The van der Waals surface area contributed by atoms with Gasteiger partial charge in [-0.1, -0.05) is 18.2 Å². The second-order valence-corrected chi connectivity index (χ2v) is 12.8. The van der Waals surface area contributed by atoms with Crippen LogP contribution in [0.15, 0.2) is 66.7 Å². The molecule has 4 rings (SSSR count). The molecule has 0 bridgehead atoms. The summed E-state index contributed by atoms with van der Waals surface area (Å²) < 4.78 is 66.7. The molecule has 0 aromatic heterocycles. The van der Waals surface area contributed by atoms with E-state index in [1.54, 1.807) is 73.0 Å². The second kappa shape index (κ2) is 15.1. The molecule has 0 aliphatic heterocycles. The summed E-state index contributed by atoms with van der Waals surface area (Å²) in [6, 6.07) is 20.2. The highest BCUT2D eigenvalue weighted by Gasteiger charge is 2.28. The Morgan fingerprint density at radius 2 is 1.15 bits per heavy atom. The molecule has 1 atom stereocenters. The Kier molecular flexibility index (Phi) is 11.3. The zero-order valence-electron chi connectivity index (χ0n) is 27.6. The Balaban J connectivity index is 1.89. The van der Waals surface area contributed by atoms with Gasteiger partial charge < -0.3 is 33.2 Å². The predicted octanol–water partition coefficient (Wildman–Crippen LogP) is 6.54. The Bertz CT molecular complexity index is 1750. The molecule has 0 saturated heterocycles. The fourth-order valence-corrected chi connectivity index (χ4v) is 7.28. The van der Waals surface area contributed by atoms with Crippen molar-refractivity contribution >= 4 is 9.84 Å². The minimum atomic E-state index is -3.64. The highest BCUT2D eigenvalue weighted by molar-refractivity contribution is 7.89. The summed E-state index contributed by atoms with van der Waals surface area (Å²) in [5, 5.41) is 0. The summed E-state index contributed by atoms with van der Waals surface area (Å²) in [5.74, 6) is 3.42. The lowest BCUT2D eigenvalue weighted by Gasteiger charge is -2.26. The SMILES string of the molecule is COc1ccc(CS(=O)(=O)Cc2c(C[C@H](c3ccc(OC)c(OC)c3)c3c(C)cc(OC)cc3OC)cc(OC)cc2OC)cc1. The van der Waals surface area contributed by atoms with Crippen LogP contribution < -0.4 is 33.2 Å². The van der Waals surface area contributed by atoms with Crippen LogP contribution in [0.25, 0.3) is 0 Å². The van der Waals surface area contributed by atoms with Gasteiger partial charge in [-0.05, 0) is 72.0 Å². The Morgan fingerprint density at radius 1 is 0.565 bits per heavy atom. The number of benzene rings is 4. The van der Waals surface area contributed by atoms with Crippen molar-refractivity contribution < 1.29 is 41.6 Å². The maximum absolute atomic E-state index is 13.7. The van der Waals surface area contributed by atoms with E-state index in [9.17, 15) is 8.42 Å². The topological polar surface area (TPSA) is 98.8 Å². The number of aryl methyl sites for hydroxylation is 1. The quantitative estimate of drug-likeness (QED) is 0.142. The fourth-order valence-electron chi connectivity index (χ4n) is 5.71. The number of hydrogen-bond acceptors (Lipinski definition) is 9. The Labute approximate surface area is 271 Å². The maximum atomic E-state index is 13.7. The predicted molar refractivity (Wildman–Crippen MR) is 178 cm³/mol. The van der Waals surface area contributed by atoms with Crippen molar-refractivity contribution in [3.05, 3.63) is 100 Å². The van der Waals surface area contributed by atoms with E-state index < -0.39 is 9.84 Å². The van der Waals surface area contributed by atoms with Crippen LogP contribution >= 0.6 is 0 Å². The standard InChI is InChI=1S/C36H42O9S/c1-23-15-28(40-3)20-35(45-8)36(23)30(25-11-14-32(42-5)34(18-25)44-7)17-26-16-29(41-4)19-33(43-6)31(26)22-46(37,38)21-24-9-12-27(39-2)13-10-24/h9-16,18-20,30H,17,21-22H2,1-8H3/t30-/m1/s1. The van der Waals surface area contributed by atoms with Crippen molar-refractivity contribution in [1.82, 2.24) is 0 Å². The highest BCUT2D eigenvalue weighted by Crippen LogP contribution is 2.43. The molecule has 0 heterocycles. The zero-order valence-corrected chi connectivity index (χ0v) is 28.4. The van der Waals surface area contributed by atoms with Crippen LogP contribution in [0.1, 0.15) is 39.3 Å². The number of hydrogen-bond donors (Lipinski definition) is 0. The normalized spacial score (nSPS) is 11.8. The minimum Gasteiger partial charge on any atom is -0.497 e. The van der Waals surface area contributed by atoms with E-state index in [1.165, 1.54) is 7.11 Å². The van der Waals surface area contributed by atoms with Crippen LogP contribution in [0.5, 0.6) is 40.2 Å². The lowest BCUT2D eigenvalue weighted by atomic mass is 9.82. The van der Waals surface area contributed by atoms with E-state index in [0.717, 1.165) is 22.3 Å². The van der Waals surface area contributed by atoms with Crippen LogP contribution in [0, 0.1) is 6.92 Å². The zero-order chi connectivity index (χ0) is 33.4. The van der Waals surface area contributed by atoms with Gasteiger partial charge in [0.15, 0.2) is 21.3 Å². The molecule has 0 saturated carbocycles. The summed E-state index contributed by atoms with van der Waals surface area (Å²) >= 11 is 0. The number of ether oxygens (including phenoxy) is 7. The molecule has 0 N–H and O–H groups in total. The first-order chi connectivity index (χ1) is 22.1. The molecule has 0 fully saturated rings. The summed E-state index contributed by atoms with van der Waals surface area (Å²) in [4.78, 5) is 0. The molecule has 46 heavy (non-hydrogen) atoms. The summed E-state index contributed by atoms with van der Waals surface area (Å²) in [7, 11) is 7.45. The Morgan fingerprint density at radius 3 is 1.74 bits per heavy atom. The second-order valence-electron chi connectivity index (χ2n) is 10.8. The molecule has 0 radical (unpaired) electrons. The van der Waals surface area contributed by atoms with Crippen LogP contribution in [0.3, 0.4) is 0 Å². The minimum absolute atomic E-state index is 0.143. The monoisotopic (exact) mass is 650 g/mol. The molecule has 4 aromatic rings. The van der Waals surface area contributed by atoms with Crippen molar-refractivity contribution in [2.75, 3.05) is 49.8 Å². The highest BCUT2D eigenvalue weighted by atomic mass is 32.2. The number of rotatable bonds is 15. The van der Waals surface area contributed by atoms with Crippen molar-refractivity contribution in [2.45, 2.75) is 30.8 Å². The number of methoxy groups -OCH3 is 7. The lowest BCUT2D eigenvalue weighted by molar-refractivity contribution is 0.354. The molecule has 0 aliphatic rings. The number of sulfone groups is 1. The van der Waals surface area contributed by atoms with Gasteiger partial charge in [0, 0.05) is 29.2 Å². The molecule has 246 valence electrons. The third kappa shape index (κ3) is 7.80. The van der Waals surface area contributed by atoms with Gasteiger partial charge in [0.05, 0.1) is 61.3 Å². The molecule has 0 aliphatic carbocycles. The lowest BCUT2D eigenvalue weighted by Crippen LogP contribution is -2.14. The van der Waals surface area contributed by atoms with Gasteiger partial charge in [0.25, 0.3) is 0 Å². The van der Waals surface area contributed by atoms with Crippen molar-refractivity contribution in [1.29, 1.82) is 0 Å². The van der Waals surface area contributed by atoms with Crippen LogP contribution in [-0.4, -0.2) is 58.2 Å². The van der Waals surface area contributed by atoms with Crippen LogP contribution in [0.2, 0.25) is 0 Å². The van der Waals surface area contributed by atoms with Gasteiger partial charge in [0.2, 0.25) is 0 Å². The summed E-state index contributed by atoms with van der Waals surface area (Å²) in [6.45, 7) is 2.00. The van der Waals surface area contributed by atoms with E-state index in [1.807, 2.05) is 43.3 Å². The third-order valence-electron chi connectivity index (χ3n) is 8.00. The van der Waals surface area contributed by atoms with E-state index in [-0.39, 0.29) is 17.4 Å². The van der Waals surface area contributed by atoms with E-state index in [4.69, 9.17) is 33.2 Å². The first-order valence-corrected chi connectivity index (χ1v) is 16.4. The van der Waals surface area contributed by atoms with Crippen molar-refractivity contribution in [3.8, 4) is 40.2 Å². The molecule has 0 amide bonds. The van der Waals surface area contributed by atoms with Crippen LogP contribution in [-0.2, 0) is 27.8 Å². The summed E-state index contributed by atoms with van der Waals surface area (Å²) in [5.41, 5.74) is 4.76. The molecule has 9 nitrogen and oxygen atoms in total. The maximum Gasteiger partial charge on any atom is 0.161 e. The van der Waals surface area contributed by atoms with Gasteiger partial charge in [-0.15, -0.1) is 0 Å². The molecule has 0 unspecified atom stereocenters.